The lowest BCUT2D eigenvalue weighted by molar-refractivity contribution is 0.295. The lowest BCUT2D eigenvalue weighted by Gasteiger charge is -2.43. The van der Waals surface area contributed by atoms with Crippen molar-refractivity contribution in [1.82, 2.24) is 9.97 Å². The second-order valence-corrected chi connectivity index (χ2v) is 13.9. The summed E-state index contributed by atoms with van der Waals surface area (Å²) >= 11 is 12.2. The molecular weight excluding hydrogens is 473 g/mol. The highest BCUT2D eigenvalue weighted by molar-refractivity contribution is 6.99. The number of nitrogens with zero attached hydrogens (tertiary/aromatic N) is 2. The molecular formula is C25H31Cl2N3O2Si. The highest BCUT2D eigenvalue weighted by Gasteiger charge is 2.49. The van der Waals surface area contributed by atoms with Crippen LogP contribution in [0, 0.1) is 0 Å². The smallest absolute Gasteiger partial charge is 0.261 e. The second kappa shape index (κ2) is 11.4. The molecule has 0 spiro atoms. The molecule has 1 heterocycles. The van der Waals surface area contributed by atoms with Crippen LogP contribution in [-0.4, -0.2) is 43.2 Å². The molecule has 33 heavy (non-hydrogen) atoms. The van der Waals surface area contributed by atoms with Crippen LogP contribution in [0.5, 0.6) is 0 Å². The second-order valence-electron chi connectivity index (χ2n) is 8.88. The van der Waals surface area contributed by atoms with Crippen molar-refractivity contribution < 1.29 is 9.53 Å². The quantitative estimate of drug-likeness (QED) is 0.181. The number of aliphatic hydroxyl groups is 1. The lowest BCUT2D eigenvalue weighted by Crippen LogP contribution is -2.66. The Morgan fingerprint density at radius 2 is 1.52 bits per heavy atom. The average Bonchev–Trinajstić information content (AvgIpc) is 2.79. The first-order chi connectivity index (χ1) is 15.8. The van der Waals surface area contributed by atoms with E-state index in [9.17, 15) is 5.11 Å². The number of aliphatic hydroxyl groups excluding tert-OH is 1. The number of hydrogen-bond donors (Lipinski definition) is 2. The molecule has 2 aromatic carbocycles. The maximum Gasteiger partial charge on any atom is 0.261 e. The number of halogens is 2. The molecule has 0 atom stereocenters. The van der Waals surface area contributed by atoms with E-state index in [0.717, 1.165) is 6.42 Å². The molecule has 8 heteroatoms. The standard InChI is InChI=1S/C25H31Cl2N3O2Si/c1-25(2,3)33(19-11-6-4-7-12-19,20-13-8-5-9-14-20)32-18-10-16-28-23-21(15-17-31)22(26)29-24(27)30-23/h4-9,11-14,31H,10,15-18H2,1-3H3,(H,28,29,30). The first-order valence-corrected chi connectivity index (χ1v) is 13.8. The molecule has 176 valence electrons. The molecule has 0 unspecified atom stereocenters. The predicted octanol–water partition coefficient (Wildman–Crippen LogP) is 4.70. The Bertz CT molecular complexity index is 992. The number of aromatic nitrogens is 2. The van der Waals surface area contributed by atoms with E-state index < -0.39 is 8.32 Å². The Morgan fingerprint density at radius 3 is 2.03 bits per heavy atom. The Labute approximate surface area is 207 Å². The van der Waals surface area contributed by atoms with E-state index in [2.05, 4.69) is 84.6 Å². The van der Waals surface area contributed by atoms with Crippen molar-refractivity contribution in [2.45, 2.75) is 38.7 Å². The van der Waals surface area contributed by atoms with Crippen LogP contribution in [0.25, 0.3) is 0 Å². The minimum Gasteiger partial charge on any atom is -0.407 e. The summed E-state index contributed by atoms with van der Waals surface area (Å²) in [6.07, 6.45) is 1.12. The van der Waals surface area contributed by atoms with Crippen LogP contribution >= 0.6 is 23.2 Å². The van der Waals surface area contributed by atoms with Gasteiger partial charge in [-0.2, -0.15) is 0 Å². The Morgan fingerprint density at radius 1 is 0.939 bits per heavy atom. The Kier molecular flexibility index (Phi) is 8.90. The highest BCUT2D eigenvalue weighted by Crippen LogP contribution is 2.36. The number of rotatable bonds is 10. The van der Waals surface area contributed by atoms with Crippen LogP contribution in [0.4, 0.5) is 5.82 Å². The molecule has 0 aliphatic carbocycles. The van der Waals surface area contributed by atoms with Crippen molar-refractivity contribution in [3.8, 4) is 0 Å². The topological polar surface area (TPSA) is 67.3 Å². The highest BCUT2D eigenvalue weighted by atomic mass is 35.5. The van der Waals surface area contributed by atoms with Gasteiger partial charge in [0.1, 0.15) is 11.0 Å². The maximum absolute atomic E-state index is 9.34. The fraction of sp³-hybridized carbons (Fsp3) is 0.360. The van der Waals surface area contributed by atoms with Crippen LogP contribution in [0.3, 0.4) is 0 Å². The van der Waals surface area contributed by atoms with Crippen molar-refractivity contribution in [2.24, 2.45) is 0 Å². The molecule has 0 aliphatic rings. The van der Waals surface area contributed by atoms with Crippen molar-refractivity contribution in [3.05, 3.63) is 76.7 Å². The lowest BCUT2D eigenvalue weighted by atomic mass is 10.2. The normalized spacial score (nSPS) is 12.1. The van der Waals surface area contributed by atoms with E-state index in [-0.39, 0.29) is 22.1 Å². The molecule has 3 aromatic rings. The molecule has 5 nitrogen and oxygen atoms in total. The van der Waals surface area contributed by atoms with E-state index in [1.54, 1.807) is 0 Å². The largest absolute Gasteiger partial charge is 0.407 e. The van der Waals surface area contributed by atoms with E-state index in [1.807, 2.05) is 12.1 Å². The summed E-state index contributed by atoms with van der Waals surface area (Å²) in [5, 5.41) is 15.4. The third kappa shape index (κ3) is 5.94. The minimum absolute atomic E-state index is 0.0453. The fourth-order valence-corrected chi connectivity index (χ4v) is 9.26. The van der Waals surface area contributed by atoms with E-state index >= 15 is 0 Å². The van der Waals surface area contributed by atoms with E-state index in [0.29, 0.717) is 31.0 Å². The molecule has 0 bridgehead atoms. The van der Waals surface area contributed by atoms with E-state index in [4.69, 9.17) is 27.6 Å². The third-order valence-corrected chi connectivity index (χ3v) is 11.2. The van der Waals surface area contributed by atoms with Gasteiger partial charge in [0.15, 0.2) is 0 Å². The predicted molar refractivity (Wildman–Crippen MR) is 140 cm³/mol. The molecule has 3 rings (SSSR count). The van der Waals surface area contributed by atoms with Crippen molar-refractivity contribution >= 4 is 47.7 Å². The molecule has 2 N–H and O–H groups in total. The van der Waals surface area contributed by atoms with Crippen molar-refractivity contribution in [1.29, 1.82) is 0 Å². The first-order valence-electron chi connectivity index (χ1n) is 11.1. The first kappa shape index (κ1) is 25.7. The SMILES string of the molecule is CC(C)(C)[Si](OCCCNc1nc(Cl)nc(Cl)c1CCO)(c1ccccc1)c1ccccc1. The van der Waals surface area contributed by atoms with Crippen LogP contribution in [0.2, 0.25) is 15.5 Å². The zero-order chi connectivity index (χ0) is 23.9. The summed E-state index contributed by atoms with van der Waals surface area (Å²) in [5.74, 6) is 0.555. The zero-order valence-corrected chi connectivity index (χ0v) is 21.8. The van der Waals surface area contributed by atoms with Gasteiger partial charge in [-0.15, -0.1) is 0 Å². The van der Waals surface area contributed by atoms with Gasteiger partial charge in [-0.1, -0.05) is 93.0 Å². The Balaban J connectivity index is 1.78. The molecule has 0 radical (unpaired) electrons. The van der Waals surface area contributed by atoms with Crippen LogP contribution in [-0.2, 0) is 10.8 Å². The van der Waals surface area contributed by atoms with Gasteiger partial charge in [-0.25, -0.2) is 9.97 Å². The molecule has 0 fully saturated rings. The molecule has 0 saturated carbocycles. The van der Waals surface area contributed by atoms with Crippen molar-refractivity contribution in [2.75, 3.05) is 25.1 Å². The molecule has 1 aromatic heterocycles. The van der Waals surface area contributed by atoms with Crippen molar-refractivity contribution in [3.63, 3.8) is 0 Å². The van der Waals surface area contributed by atoms with E-state index in [1.165, 1.54) is 10.4 Å². The molecule has 0 amide bonds. The summed E-state index contributed by atoms with van der Waals surface area (Å²) in [7, 11) is -2.55. The fourth-order valence-electron chi connectivity index (χ4n) is 4.18. The van der Waals surface area contributed by atoms with Gasteiger partial charge in [0, 0.05) is 31.7 Å². The minimum atomic E-state index is -2.55. The zero-order valence-electron chi connectivity index (χ0n) is 19.3. The Hall–Kier alpha value is -1.96. The maximum atomic E-state index is 9.34. The third-order valence-electron chi connectivity index (χ3n) is 5.64. The van der Waals surface area contributed by atoms with Crippen LogP contribution in [0.1, 0.15) is 32.8 Å². The van der Waals surface area contributed by atoms with Gasteiger partial charge in [-0.3, -0.25) is 0 Å². The average molecular weight is 505 g/mol. The van der Waals surface area contributed by atoms with Gasteiger partial charge in [0.25, 0.3) is 8.32 Å². The van der Waals surface area contributed by atoms with Gasteiger partial charge in [0.2, 0.25) is 5.28 Å². The van der Waals surface area contributed by atoms with Gasteiger partial charge in [0.05, 0.1) is 0 Å². The number of benzene rings is 2. The monoisotopic (exact) mass is 503 g/mol. The molecule has 0 aliphatic heterocycles. The number of anilines is 1. The van der Waals surface area contributed by atoms with Gasteiger partial charge >= 0.3 is 0 Å². The molecule has 0 saturated heterocycles. The summed E-state index contributed by atoms with van der Waals surface area (Å²) < 4.78 is 6.90. The van der Waals surface area contributed by atoms with Gasteiger partial charge < -0.3 is 14.8 Å². The number of hydrogen-bond acceptors (Lipinski definition) is 5. The summed E-state index contributed by atoms with van der Waals surface area (Å²) in [4.78, 5) is 8.22. The summed E-state index contributed by atoms with van der Waals surface area (Å²) in [6, 6.07) is 21.2. The number of nitrogens with one attached hydrogen (secondary N) is 1. The van der Waals surface area contributed by atoms with Gasteiger partial charge in [-0.05, 0) is 33.4 Å². The van der Waals surface area contributed by atoms with Crippen LogP contribution in [0.15, 0.2) is 60.7 Å². The summed E-state index contributed by atoms with van der Waals surface area (Å²) in [5.41, 5.74) is 0.663. The summed E-state index contributed by atoms with van der Waals surface area (Å²) in [6.45, 7) is 7.97. The van der Waals surface area contributed by atoms with Crippen LogP contribution < -0.4 is 15.7 Å².